The number of carbonyl (C=O) groups excluding carboxylic acids is 2. The molecule has 234 valence electrons. The first-order chi connectivity index (χ1) is 18.3. The number of hydrogen-bond acceptors (Lipinski definition) is 6. The molecule has 40 heavy (non-hydrogen) atoms. The van der Waals surface area contributed by atoms with E-state index in [1.54, 1.807) is 13.8 Å². The monoisotopic (exact) mass is 606 g/mol. The maximum absolute atomic E-state index is 12.5. The van der Waals surface area contributed by atoms with Crippen LogP contribution in [-0.4, -0.2) is 73.1 Å². The number of hydrogen-bond donors (Lipinski definition) is 2. The number of rotatable bonds is 22. The van der Waals surface area contributed by atoms with E-state index < -0.39 is 12.1 Å². The molecular weight excluding hydrogens is 551 g/mol. The van der Waals surface area contributed by atoms with Crippen LogP contribution in [0.4, 0.5) is 0 Å². The second kappa shape index (κ2) is 25.0. The van der Waals surface area contributed by atoms with Crippen LogP contribution in [0.1, 0.15) is 91.9 Å². The largest absolute Gasteiger partial charge is 0.492 e. The minimum Gasteiger partial charge on any atom is -0.492 e. The molecule has 10 heteroatoms. The molecule has 0 unspecified atom stereocenters. The molecule has 0 aliphatic rings. The van der Waals surface area contributed by atoms with Gasteiger partial charge in [0, 0.05) is 13.1 Å². The zero-order valence-electron chi connectivity index (χ0n) is 25.3. The lowest BCUT2D eigenvalue weighted by molar-refractivity contribution is -0.133. The molecule has 1 aromatic rings. The summed E-state index contributed by atoms with van der Waals surface area (Å²) in [6.07, 6.45) is 11.5. The molecule has 0 aromatic heterocycles. The summed E-state index contributed by atoms with van der Waals surface area (Å²) in [5, 5.41) is 0. The molecule has 0 fully saturated rings. The molecule has 0 radical (unpaired) electrons. The topological polar surface area (TPSA) is 111 Å². The van der Waals surface area contributed by atoms with Crippen molar-refractivity contribution in [2.75, 3.05) is 39.4 Å². The lowest BCUT2D eigenvalue weighted by atomic mass is 10.1. The van der Waals surface area contributed by atoms with E-state index in [0.29, 0.717) is 50.9 Å². The van der Waals surface area contributed by atoms with Crippen molar-refractivity contribution in [2.45, 2.75) is 104 Å². The van der Waals surface area contributed by atoms with E-state index in [4.69, 9.17) is 20.9 Å². The number of unbranched alkanes of at least 4 members (excludes halogenated alkanes) is 8. The molecule has 1 aromatic carbocycles. The van der Waals surface area contributed by atoms with Crippen molar-refractivity contribution in [2.24, 2.45) is 11.5 Å². The Balaban J connectivity index is 0. The van der Waals surface area contributed by atoms with E-state index in [1.165, 1.54) is 38.5 Å². The molecule has 0 spiro atoms. The zero-order valence-corrected chi connectivity index (χ0v) is 26.9. The highest BCUT2D eigenvalue weighted by molar-refractivity contribution is 5.85. The first kappa shape index (κ1) is 40.4. The third-order valence-corrected chi connectivity index (χ3v) is 6.55. The summed E-state index contributed by atoms with van der Waals surface area (Å²) in [5.74, 6) is 1.36. The van der Waals surface area contributed by atoms with Gasteiger partial charge in [-0.25, -0.2) is 0 Å². The van der Waals surface area contributed by atoms with Gasteiger partial charge in [-0.3, -0.25) is 9.59 Å². The standard InChI is InChI=1S/C30H54N4O4.2ClH/c1-5-7-9-11-13-19-33(29(35)25(3)31)21-23-37-27-15-17-28(18-16-27)38-24-22-34(30(36)26(4)32)20-14-12-10-8-6-2;;/h15-18,25-26H,5-14,19-24,31-32H2,1-4H3;2*1H/t25-,26-;;/m0../s1. The highest BCUT2D eigenvalue weighted by atomic mass is 35.5. The first-order valence-electron chi connectivity index (χ1n) is 14.7. The zero-order chi connectivity index (χ0) is 28.2. The molecule has 0 saturated carbocycles. The average molecular weight is 608 g/mol. The Bertz CT molecular complexity index is 704. The van der Waals surface area contributed by atoms with E-state index in [9.17, 15) is 9.59 Å². The third kappa shape index (κ3) is 17.8. The van der Waals surface area contributed by atoms with Gasteiger partial charge in [-0.05, 0) is 51.0 Å². The molecule has 0 aliphatic heterocycles. The minimum absolute atomic E-state index is 0. The fourth-order valence-corrected chi connectivity index (χ4v) is 4.23. The SMILES string of the molecule is CCCCCCCN(CCOc1ccc(OCCN(CCCCCCC)C(=O)[C@H](C)N)cc1)C(=O)[C@H](C)N.Cl.Cl. The van der Waals surface area contributed by atoms with Crippen LogP contribution in [0.15, 0.2) is 24.3 Å². The fourth-order valence-electron chi connectivity index (χ4n) is 4.23. The fraction of sp³-hybridized carbons (Fsp3) is 0.733. The van der Waals surface area contributed by atoms with Gasteiger partial charge in [0.1, 0.15) is 24.7 Å². The Morgan fingerprint density at radius 3 is 1.25 bits per heavy atom. The second-order valence-corrected chi connectivity index (χ2v) is 10.2. The van der Waals surface area contributed by atoms with Crippen LogP contribution in [0.2, 0.25) is 0 Å². The highest BCUT2D eigenvalue weighted by Crippen LogP contribution is 2.18. The van der Waals surface area contributed by atoms with Gasteiger partial charge in [-0.15, -0.1) is 24.8 Å². The van der Waals surface area contributed by atoms with Crippen LogP contribution in [0, 0.1) is 0 Å². The predicted octanol–water partition coefficient (Wildman–Crippen LogP) is 5.58. The van der Waals surface area contributed by atoms with Crippen LogP contribution in [0.5, 0.6) is 11.5 Å². The summed E-state index contributed by atoms with van der Waals surface area (Å²) in [6, 6.07) is 6.41. The molecule has 0 aliphatic carbocycles. The number of benzene rings is 1. The van der Waals surface area contributed by atoms with Crippen LogP contribution in [0.25, 0.3) is 0 Å². The van der Waals surface area contributed by atoms with E-state index in [1.807, 2.05) is 34.1 Å². The van der Waals surface area contributed by atoms with E-state index >= 15 is 0 Å². The van der Waals surface area contributed by atoms with Gasteiger partial charge in [-0.1, -0.05) is 65.2 Å². The first-order valence-corrected chi connectivity index (χ1v) is 14.7. The maximum atomic E-state index is 12.5. The number of halogens is 2. The highest BCUT2D eigenvalue weighted by Gasteiger charge is 2.18. The molecule has 0 bridgehead atoms. The molecular formula is C30H56Cl2N4O4. The summed E-state index contributed by atoms with van der Waals surface area (Å²) in [6.45, 7) is 11.1. The summed E-state index contributed by atoms with van der Waals surface area (Å²) < 4.78 is 11.8. The van der Waals surface area contributed by atoms with Crippen LogP contribution >= 0.6 is 24.8 Å². The van der Waals surface area contributed by atoms with Crippen molar-refractivity contribution in [1.29, 1.82) is 0 Å². The smallest absolute Gasteiger partial charge is 0.239 e. The van der Waals surface area contributed by atoms with Crippen molar-refractivity contribution in [3.63, 3.8) is 0 Å². The Hall–Kier alpha value is -1.74. The van der Waals surface area contributed by atoms with Gasteiger partial charge in [0.05, 0.1) is 25.2 Å². The quantitative estimate of drug-likeness (QED) is 0.167. The summed E-state index contributed by atoms with van der Waals surface area (Å²) in [5.41, 5.74) is 11.7. The summed E-state index contributed by atoms with van der Waals surface area (Å²) in [7, 11) is 0. The molecule has 8 nitrogen and oxygen atoms in total. The maximum Gasteiger partial charge on any atom is 0.239 e. The molecule has 2 amide bonds. The van der Waals surface area contributed by atoms with E-state index in [-0.39, 0.29) is 36.6 Å². The second-order valence-electron chi connectivity index (χ2n) is 10.2. The van der Waals surface area contributed by atoms with Crippen molar-refractivity contribution in [3.8, 4) is 11.5 Å². The number of amides is 2. The van der Waals surface area contributed by atoms with Crippen molar-refractivity contribution in [3.05, 3.63) is 24.3 Å². The van der Waals surface area contributed by atoms with Crippen LogP contribution < -0.4 is 20.9 Å². The molecule has 2 atom stereocenters. The summed E-state index contributed by atoms with van der Waals surface area (Å²) >= 11 is 0. The lowest BCUT2D eigenvalue weighted by Crippen LogP contribution is -2.44. The normalized spacial score (nSPS) is 11.9. The lowest BCUT2D eigenvalue weighted by Gasteiger charge is -2.25. The minimum atomic E-state index is -0.512. The molecule has 1 rings (SSSR count). The number of carbonyl (C=O) groups is 2. The van der Waals surface area contributed by atoms with Crippen molar-refractivity contribution in [1.82, 2.24) is 9.80 Å². The predicted molar refractivity (Wildman–Crippen MR) is 170 cm³/mol. The van der Waals surface area contributed by atoms with Gasteiger partial charge in [0.15, 0.2) is 0 Å². The van der Waals surface area contributed by atoms with Gasteiger partial charge >= 0.3 is 0 Å². The van der Waals surface area contributed by atoms with Gasteiger partial charge in [-0.2, -0.15) is 0 Å². The Labute approximate surface area is 255 Å². The van der Waals surface area contributed by atoms with Gasteiger partial charge in [0.25, 0.3) is 0 Å². The summed E-state index contributed by atoms with van der Waals surface area (Å²) in [4.78, 5) is 28.6. The number of nitrogens with two attached hydrogens (primary N) is 2. The number of ether oxygens (including phenoxy) is 2. The number of nitrogens with zero attached hydrogens (tertiary/aromatic N) is 2. The molecule has 0 heterocycles. The Morgan fingerprint density at radius 2 is 0.950 bits per heavy atom. The van der Waals surface area contributed by atoms with Crippen LogP contribution in [0.3, 0.4) is 0 Å². The average Bonchev–Trinajstić information content (AvgIpc) is 2.90. The Morgan fingerprint density at radius 1 is 0.625 bits per heavy atom. The van der Waals surface area contributed by atoms with E-state index in [0.717, 1.165) is 25.7 Å². The van der Waals surface area contributed by atoms with E-state index in [2.05, 4.69) is 13.8 Å². The van der Waals surface area contributed by atoms with Crippen molar-refractivity contribution >= 4 is 36.6 Å². The Kier molecular flexibility index (Phi) is 25.3. The molecule has 0 saturated heterocycles. The van der Waals surface area contributed by atoms with Gasteiger partial charge < -0.3 is 30.7 Å². The van der Waals surface area contributed by atoms with Gasteiger partial charge in [0.2, 0.25) is 11.8 Å². The van der Waals surface area contributed by atoms with Crippen LogP contribution in [-0.2, 0) is 9.59 Å². The molecule has 4 N–H and O–H groups in total. The third-order valence-electron chi connectivity index (χ3n) is 6.55. The van der Waals surface area contributed by atoms with Crippen molar-refractivity contribution < 1.29 is 19.1 Å².